The molecule has 1 aliphatic heterocycles. The SMILES string of the molecule is CCNC1CC2(CCN(CC)CC2)C1. The highest BCUT2D eigenvalue weighted by atomic mass is 15.1. The van der Waals surface area contributed by atoms with Gasteiger partial charge < -0.3 is 10.2 Å². The molecule has 2 aliphatic rings. The van der Waals surface area contributed by atoms with E-state index in [9.17, 15) is 0 Å². The predicted molar refractivity (Wildman–Crippen MR) is 60.5 cm³/mol. The molecule has 2 heteroatoms. The first-order valence-corrected chi connectivity index (χ1v) is 6.24. The summed E-state index contributed by atoms with van der Waals surface area (Å²) < 4.78 is 0. The summed E-state index contributed by atoms with van der Waals surface area (Å²) >= 11 is 0. The molecule has 82 valence electrons. The Hall–Kier alpha value is -0.0800. The first-order chi connectivity index (χ1) is 6.78. The fourth-order valence-corrected chi connectivity index (χ4v) is 3.17. The predicted octanol–water partition coefficient (Wildman–Crippen LogP) is 1.86. The summed E-state index contributed by atoms with van der Waals surface area (Å²) in [5, 5.41) is 3.57. The number of hydrogen-bond acceptors (Lipinski definition) is 2. The number of nitrogens with zero attached hydrogens (tertiary/aromatic N) is 1. The van der Waals surface area contributed by atoms with Crippen LogP contribution in [0.3, 0.4) is 0 Å². The lowest BCUT2D eigenvalue weighted by Gasteiger charge is -2.52. The molecule has 1 saturated carbocycles. The lowest BCUT2D eigenvalue weighted by Crippen LogP contribution is -2.53. The second kappa shape index (κ2) is 4.19. The van der Waals surface area contributed by atoms with Crippen LogP contribution in [0.15, 0.2) is 0 Å². The van der Waals surface area contributed by atoms with Crippen molar-refractivity contribution in [1.29, 1.82) is 0 Å². The third-order valence-corrected chi connectivity index (χ3v) is 4.22. The Morgan fingerprint density at radius 1 is 1.21 bits per heavy atom. The second-order valence-electron chi connectivity index (χ2n) is 5.10. The van der Waals surface area contributed by atoms with Gasteiger partial charge in [0.2, 0.25) is 0 Å². The van der Waals surface area contributed by atoms with E-state index in [1.54, 1.807) is 0 Å². The Balaban J connectivity index is 1.74. The molecule has 0 aromatic carbocycles. The van der Waals surface area contributed by atoms with Crippen LogP contribution in [0.2, 0.25) is 0 Å². The van der Waals surface area contributed by atoms with Gasteiger partial charge in [0.15, 0.2) is 0 Å². The molecule has 0 amide bonds. The van der Waals surface area contributed by atoms with E-state index in [0.29, 0.717) is 0 Å². The number of rotatable bonds is 3. The van der Waals surface area contributed by atoms with Crippen LogP contribution in [0.4, 0.5) is 0 Å². The third-order valence-electron chi connectivity index (χ3n) is 4.22. The zero-order chi connectivity index (χ0) is 10.0. The molecule has 0 bridgehead atoms. The standard InChI is InChI=1S/C12H24N2/c1-3-13-11-9-12(10-11)5-7-14(4-2)8-6-12/h11,13H,3-10H2,1-2H3. The largest absolute Gasteiger partial charge is 0.314 e. The molecule has 2 rings (SSSR count). The highest BCUT2D eigenvalue weighted by molar-refractivity contribution is 4.99. The number of piperidine rings is 1. The van der Waals surface area contributed by atoms with Crippen LogP contribution in [0, 0.1) is 5.41 Å². The summed E-state index contributed by atoms with van der Waals surface area (Å²) in [5.41, 5.74) is 0.749. The van der Waals surface area contributed by atoms with Gasteiger partial charge in [-0.2, -0.15) is 0 Å². The van der Waals surface area contributed by atoms with Crippen molar-refractivity contribution in [2.75, 3.05) is 26.2 Å². The number of nitrogens with one attached hydrogen (secondary N) is 1. The van der Waals surface area contributed by atoms with E-state index in [1.165, 1.54) is 45.3 Å². The van der Waals surface area contributed by atoms with Crippen LogP contribution in [0.1, 0.15) is 39.5 Å². The smallest absolute Gasteiger partial charge is 0.00775 e. The molecule has 1 N–H and O–H groups in total. The Labute approximate surface area is 88.1 Å². The highest BCUT2D eigenvalue weighted by Crippen LogP contribution is 2.48. The van der Waals surface area contributed by atoms with E-state index < -0.39 is 0 Å². The van der Waals surface area contributed by atoms with Gasteiger partial charge in [0.05, 0.1) is 0 Å². The molecule has 1 aliphatic carbocycles. The lowest BCUT2D eigenvalue weighted by molar-refractivity contribution is 0.00834. The Kier molecular flexibility index (Phi) is 3.13. The molecule has 2 nitrogen and oxygen atoms in total. The molecular formula is C12H24N2. The summed E-state index contributed by atoms with van der Waals surface area (Å²) in [6.45, 7) is 9.56. The van der Waals surface area contributed by atoms with E-state index in [2.05, 4.69) is 24.1 Å². The van der Waals surface area contributed by atoms with Crippen molar-refractivity contribution >= 4 is 0 Å². The van der Waals surface area contributed by atoms with E-state index >= 15 is 0 Å². The van der Waals surface area contributed by atoms with E-state index in [0.717, 1.165) is 18.0 Å². The average molecular weight is 196 g/mol. The van der Waals surface area contributed by atoms with Crippen LogP contribution in [-0.2, 0) is 0 Å². The van der Waals surface area contributed by atoms with Crippen LogP contribution < -0.4 is 5.32 Å². The van der Waals surface area contributed by atoms with Crippen molar-refractivity contribution in [2.24, 2.45) is 5.41 Å². The zero-order valence-electron chi connectivity index (χ0n) is 9.68. The zero-order valence-corrected chi connectivity index (χ0v) is 9.68. The maximum absolute atomic E-state index is 3.57. The van der Waals surface area contributed by atoms with Crippen LogP contribution in [0.5, 0.6) is 0 Å². The highest BCUT2D eigenvalue weighted by Gasteiger charge is 2.44. The van der Waals surface area contributed by atoms with E-state index in [4.69, 9.17) is 0 Å². The molecule has 2 fully saturated rings. The minimum absolute atomic E-state index is 0.749. The minimum atomic E-state index is 0.749. The van der Waals surface area contributed by atoms with Crippen molar-refractivity contribution < 1.29 is 0 Å². The Morgan fingerprint density at radius 3 is 2.36 bits per heavy atom. The summed E-state index contributed by atoms with van der Waals surface area (Å²) in [6, 6.07) is 0.841. The normalized spacial score (nSPS) is 27.9. The summed E-state index contributed by atoms with van der Waals surface area (Å²) in [5.74, 6) is 0. The molecule has 0 aromatic heterocycles. The molecule has 14 heavy (non-hydrogen) atoms. The first-order valence-electron chi connectivity index (χ1n) is 6.24. The van der Waals surface area contributed by atoms with Gasteiger partial charge in [0.25, 0.3) is 0 Å². The van der Waals surface area contributed by atoms with Crippen molar-refractivity contribution in [2.45, 2.75) is 45.6 Å². The maximum Gasteiger partial charge on any atom is 0.00775 e. The van der Waals surface area contributed by atoms with Crippen molar-refractivity contribution in [1.82, 2.24) is 10.2 Å². The molecule has 1 spiro atoms. The van der Waals surface area contributed by atoms with Gasteiger partial charge in [-0.3, -0.25) is 0 Å². The molecular weight excluding hydrogens is 172 g/mol. The van der Waals surface area contributed by atoms with Crippen molar-refractivity contribution in [3.8, 4) is 0 Å². The Bertz CT molecular complexity index is 167. The Morgan fingerprint density at radius 2 is 1.86 bits per heavy atom. The van der Waals surface area contributed by atoms with Crippen molar-refractivity contribution in [3.05, 3.63) is 0 Å². The van der Waals surface area contributed by atoms with Crippen LogP contribution in [-0.4, -0.2) is 37.1 Å². The molecule has 0 aromatic rings. The number of likely N-dealkylation sites (tertiary alicyclic amines) is 1. The summed E-state index contributed by atoms with van der Waals surface area (Å²) in [6.07, 6.45) is 5.78. The van der Waals surface area contributed by atoms with Crippen molar-refractivity contribution in [3.63, 3.8) is 0 Å². The van der Waals surface area contributed by atoms with Gasteiger partial charge in [-0.25, -0.2) is 0 Å². The molecule has 0 radical (unpaired) electrons. The number of hydrogen-bond donors (Lipinski definition) is 1. The maximum atomic E-state index is 3.57. The van der Waals surface area contributed by atoms with Gasteiger partial charge in [-0.1, -0.05) is 13.8 Å². The molecule has 1 saturated heterocycles. The van der Waals surface area contributed by atoms with Gasteiger partial charge in [-0.15, -0.1) is 0 Å². The lowest BCUT2D eigenvalue weighted by atomic mass is 9.60. The van der Waals surface area contributed by atoms with E-state index in [-0.39, 0.29) is 0 Å². The van der Waals surface area contributed by atoms with Gasteiger partial charge >= 0.3 is 0 Å². The molecule has 0 unspecified atom stereocenters. The average Bonchev–Trinajstić information content (AvgIpc) is 2.17. The van der Waals surface area contributed by atoms with Crippen LogP contribution >= 0.6 is 0 Å². The van der Waals surface area contributed by atoms with Crippen LogP contribution in [0.25, 0.3) is 0 Å². The molecule has 0 atom stereocenters. The fourth-order valence-electron chi connectivity index (χ4n) is 3.17. The van der Waals surface area contributed by atoms with Gasteiger partial charge in [-0.05, 0) is 57.3 Å². The first kappa shape index (κ1) is 10.4. The summed E-state index contributed by atoms with van der Waals surface area (Å²) in [7, 11) is 0. The second-order valence-corrected chi connectivity index (χ2v) is 5.10. The monoisotopic (exact) mass is 196 g/mol. The topological polar surface area (TPSA) is 15.3 Å². The molecule has 1 heterocycles. The minimum Gasteiger partial charge on any atom is -0.314 e. The quantitative estimate of drug-likeness (QED) is 0.741. The van der Waals surface area contributed by atoms with E-state index in [1.807, 2.05) is 0 Å². The van der Waals surface area contributed by atoms with Gasteiger partial charge in [0, 0.05) is 6.04 Å². The third kappa shape index (κ3) is 1.96. The summed E-state index contributed by atoms with van der Waals surface area (Å²) in [4.78, 5) is 2.59. The van der Waals surface area contributed by atoms with Gasteiger partial charge in [0.1, 0.15) is 0 Å². The fraction of sp³-hybridized carbons (Fsp3) is 1.00.